The van der Waals surface area contributed by atoms with Gasteiger partial charge in [-0.1, -0.05) is 18.2 Å². The van der Waals surface area contributed by atoms with Crippen molar-refractivity contribution in [1.29, 1.82) is 0 Å². The highest BCUT2D eigenvalue weighted by Crippen LogP contribution is 2.28. The molecule has 2 aromatic rings. The van der Waals surface area contributed by atoms with E-state index in [1.165, 1.54) is 6.07 Å². The number of piperidine rings is 2. The van der Waals surface area contributed by atoms with Crippen LogP contribution in [-0.4, -0.2) is 71.9 Å². The molecule has 2 heterocycles. The summed E-state index contributed by atoms with van der Waals surface area (Å²) in [7, 11) is 0. The maximum atomic E-state index is 14.8. The van der Waals surface area contributed by atoms with Gasteiger partial charge in [0.15, 0.2) is 11.6 Å². The summed E-state index contributed by atoms with van der Waals surface area (Å²) in [6.45, 7) is 6.77. The Hall–Kier alpha value is -2.51. The standard InChI is InChI=1S/C28H36F2N2O3/c1-28(2,30)19-31-14-11-20(12-15-31)18-35-26-10-9-23(16-25(26)29)21-5-7-22(8-6-21)27(34)32-13-3-4-24(33)17-32/h5-10,16,20,24,33H,3-4,11-15,17-19H2,1-2H3. The number of aliphatic hydroxyl groups is 1. The number of carbonyl (C=O) groups excluding carboxylic acids is 1. The monoisotopic (exact) mass is 486 g/mol. The van der Waals surface area contributed by atoms with Crippen molar-refractivity contribution in [2.45, 2.75) is 51.3 Å². The number of likely N-dealkylation sites (tertiary alicyclic amines) is 2. The molecule has 2 fully saturated rings. The van der Waals surface area contributed by atoms with E-state index in [1.54, 1.807) is 36.9 Å². The fraction of sp³-hybridized carbons (Fsp3) is 0.536. The summed E-state index contributed by atoms with van der Waals surface area (Å²) in [5.41, 5.74) is 0.892. The van der Waals surface area contributed by atoms with Crippen LogP contribution in [0.2, 0.25) is 0 Å². The first-order chi connectivity index (χ1) is 16.7. The molecule has 4 rings (SSSR count). The number of β-amino-alcohol motifs (C(OH)–C–C–N with tert-alkyl or cyclic N) is 1. The third-order valence-electron chi connectivity index (χ3n) is 6.86. The van der Waals surface area contributed by atoms with Crippen LogP contribution in [0.15, 0.2) is 42.5 Å². The van der Waals surface area contributed by atoms with Crippen molar-refractivity contribution < 1.29 is 23.4 Å². The zero-order valence-corrected chi connectivity index (χ0v) is 20.7. The van der Waals surface area contributed by atoms with Gasteiger partial charge in [0.25, 0.3) is 5.91 Å². The van der Waals surface area contributed by atoms with Crippen LogP contribution in [0.25, 0.3) is 11.1 Å². The number of rotatable bonds is 7. The van der Waals surface area contributed by atoms with Crippen LogP contribution in [0.3, 0.4) is 0 Å². The number of ether oxygens (including phenoxy) is 1. The molecule has 0 spiro atoms. The first kappa shape index (κ1) is 25.6. The number of hydrogen-bond donors (Lipinski definition) is 1. The van der Waals surface area contributed by atoms with E-state index in [0.29, 0.717) is 43.3 Å². The second-order valence-corrected chi connectivity index (χ2v) is 10.5. The molecule has 35 heavy (non-hydrogen) atoms. The minimum atomic E-state index is -1.19. The Balaban J connectivity index is 1.31. The molecule has 5 nitrogen and oxygen atoms in total. The molecule has 1 amide bonds. The van der Waals surface area contributed by atoms with Crippen LogP contribution in [0.4, 0.5) is 8.78 Å². The quantitative estimate of drug-likeness (QED) is 0.603. The Morgan fingerprint density at radius 2 is 1.74 bits per heavy atom. The fourth-order valence-electron chi connectivity index (χ4n) is 4.98. The van der Waals surface area contributed by atoms with E-state index >= 15 is 0 Å². The van der Waals surface area contributed by atoms with Crippen LogP contribution < -0.4 is 4.74 Å². The average molecular weight is 487 g/mol. The Labute approximate surface area is 206 Å². The average Bonchev–Trinajstić information content (AvgIpc) is 2.83. The van der Waals surface area contributed by atoms with Gasteiger partial charge in [0, 0.05) is 25.2 Å². The van der Waals surface area contributed by atoms with Crippen molar-refractivity contribution in [3.63, 3.8) is 0 Å². The highest BCUT2D eigenvalue weighted by Gasteiger charge is 2.26. The van der Waals surface area contributed by atoms with E-state index in [2.05, 4.69) is 4.90 Å². The molecule has 190 valence electrons. The molecule has 1 atom stereocenters. The first-order valence-corrected chi connectivity index (χ1v) is 12.6. The van der Waals surface area contributed by atoms with E-state index in [4.69, 9.17) is 4.74 Å². The number of aliphatic hydroxyl groups excluding tert-OH is 1. The molecule has 0 bridgehead atoms. The molecule has 2 aromatic carbocycles. The van der Waals surface area contributed by atoms with E-state index in [9.17, 15) is 18.7 Å². The van der Waals surface area contributed by atoms with Gasteiger partial charge in [0.2, 0.25) is 0 Å². The molecule has 0 aliphatic carbocycles. The first-order valence-electron chi connectivity index (χ1n) is 12.6. The van der Waals surface area contributed by atoms with Gasteiger partial charge in [-0.2, -0.15) is 0 Å². The third-order valence-corrected chi connectivity index (χ3v) is 6.86. The van der Waals surface area contributed by atoms with Crippen LogP contribution in [0.1, 0.15) is 49.9 Å². The summed E-state index contributed by atoms with van der Waals surface area (Å²) >= 11 is 0. The summed E-state index contributed by atoms with van der Waals surface area (Å²) in [6.07, 6.45) is 2.90. The Morgan fingerprint density at radius 3 is 2.37 bits per heavy atom. The van der Waals surface area contributed by atoms with Gasteiger partial charge in [-0.05, 0) is 93.9 Å². The van der Waals surface area contributed by atoms with Crippen molar-refractivity contribution in [2.75, 3.05) is 39.3 Å². The van der Waals surface area contributed by atoms with E-state index < -0.39 is 17.6 Å². The normalized spacial score (nSPS) is 20.1. The summed E-state index contributed by atoms with van der Waals surface area (Å²) in [4.78, 5) is 16.5. The van der Waals surface area contributed by atoms with Crippen LogP contribution in [0.5, 0.6) is 5.75 Å². The molecule has 1 unspecified atom stereocenters. The molecule has 0 saturated carbocycles. The fourth-order valence-corrected chi connectivity index (χ4v) is 4.98. The lowest BCUT2D eigenvalue weighted by molar-refractivity contribution is 0.0474. The number of nitrogens with zero attached hydrogens (tertiary/aromatic N) is 2. The number of benzene rings is 2. The van der Waals surface area contributed by atoms with Crippen LogP contribution in [0, 0.1) is 11.7 Å². The minimum absolute atomic E-state index is 0.0931. The lowest BCUT2D eigenvalue weighted by Gasteiger charge is -2.34. The smallest absolute Gasteiger partial charge is 0.253 e. The van der Waals surface area contributed by atoms with Gasteiger partial charge in [-0.15, -0.1) is 0 Å². The summed E-state index contributed by atoms with van der Waals surface area (Å²) in [5, 5.41) is 9.82. The SMILES string of the molecule is CC(C)(F)CN1CCC(COc2ccc(-c3ccc(C(=O)N4CCCC(O)C4)cc3)cc2F)CC1. The van der Waals surface area contributed by atoms with Gasteiger partial charge in [0.1, 0.15) is 5.67 Å². The van der Waals surface area contributed by atoms with Crippen LogP contribution in [-0.2, 0) is 0 Å². The Bertz CT molecular complexity index is 998. The maximum Gasteiger partial charge on any atom is 0.253 e. The van der Waals surface area contributed by atoms with E-state index in [0.717, 1.165) is 44.3 Å². The molecule has 0 radical (unpaired) electrons. The topological polar surface area (TPSA) is 53.0 Å². The van der Waals surface area contributed by atoms with Gasteiger partial charge in [0.05, 0.1) is 12.7 Å². The number of carbonyl (C=O) groups is 1. The van der Waals surface area contributed by atoms with Gasteiger partial charge in [-0.25, -0.2) is 8.78 Å². The third kappa shape index (κ3) is 7.01. The summed E-state index contributed by atoms with van der Waals surface area (Å²) < 4.78 is 34.4. The minimum Gasteiger partial charge on any atom is -0.490 e. The summed E-state index contributed by atoms with van der Waals surface area (Å²) in [6, 6.07) is 12.1. The number of amides is 1. The molecule has 0 aromatic heterocycles. The predicted molar refractivity (Wildman–Crippen MR) is 133 cm³/mol. The summed E-state index contributed by atoms with van der Waals surface area (Å²) in [5.74, 6) is 0.0571. The molecule has 7 heteroatoms. The van der Waals surface area contributed by atoms with E-state index in [1.807, 2.05) is 18.2 Å². The Kier molecular flexibility index (Phi) is 8.07. The number of alkyl halides is 1. The molecular formula is C28H36F2N2O3. The van der Waals surface area contributed by atoms with Crippen molar-refractivity contribution in [3.05, 3.63) is 53.8 Å². The van der Waals surface area contributed by atoms with Crippen molar-refractivity contribution in [2.24, 2.45) is 5.92 Å². The molecule has 2 saturated heterocycles. The van der Waals surface area contributed by atoms with Crippen LogP contribution >= 0.6 is 0 Å². The highest BCUT2D eigenvalue weighted by molar-refractivity contribution is 5.94. The zero-order chi connectivity index (χ0) is 25.0. The second kappa shape index (κ2) is 11.0. The predicted octanol–water partition coefficient (Wildman–Crippen LogP) is 4.93. The number of halogens is 2. The van der Waals surface area contributed by atoms with Crippen molar-refractivity contribution in [1.82, 2.24) is 9.80 Å². The number of hydrogen-bond acceptors (Lipinski definition) is 4. The van der Waals surface area contributed by atoms with Gasteiger partial charge >= 0.3 is 0 Å². The zero-order valence-electron chi connectivity index (χ0n) is 20.7. The van der Waals surface area contributed by atoms with Crippen molar-refractivity contribution >= 4 is 5.91 Å². The van der Waals surface area contributed by atoms with Gasteiger partial charge < -0.3 is 19.6 Å². The highest BCUT2D eigenvalue weighted by atomic mass is 19.1. The van der Waals surface area contributed by atoms with E-state index in [-0.39, 0.29) is 11.7 Å². The second-order valence-electron chi connectivity index (χ2n) is 10.5. The van der Waals surface area contributed by atoms with Gasteiger partial charge in [-0.3, -0.25) is 4.79 Å². The lowest BCUT2D eigenvalue weighted by Crippen LogP contribution is -2.42. The largest absolute Gasteiger partial charge is 0.490 e. The maximum absolute atomic E-state index is 14.8. The molecule has 2 aliphatic heterocycles. The Morgan fingerprint density at radius 1 is 1.06 bits per heavy atom. The lowest BCUT2D eigenvalue weighted by atomic mass is 9.97. The molecule has 2 aliphatic rings. The molecular weight excluding hydrogens is 450 g/mol. The van der Waals surface area contributed by atoms with Crippen molar-refractivity contribution in [3.8, 4) is 16.9 Å². The molecule has 1 N–H and O–H groups in total.